The average Bonchev–Trinajstić information content (AvgIpc) is 2.63. The smallest absolute Gasteiger partial charge is 0.225 e. The molecular weight excluding hydrogens is 304 g/mol. The van der Waals surface area contributed by atoms with Crippen LogP contribution in [0.2, 0.25) is 0 Å². The lowest BCUT2D eigenvalue weighted by molar-refractivity contribution is -0.138. The Kier molecular flexibility index (Phi) is 5.31. The van der Waals surface area contributed by atoms with Gasteiger partial charge in [-0.1, -0.05) is 30.3 Å². The van der Waals surface area contributed by atoms with Crippen LogP contribution in [0.25, 0.3) is 0 Å². The highest BCUT2D eigenvalue weighted by Crippen LogP contribution is 2.36. The van der Waals surface area contributed by atoms with E-state index in [1.165, 1.54) is 0 Å². The lowest BCUT2D eigenvalue weighted by Crippen LogP contribution is -2.49. The first-order chi connectivity index (χ1) is 11.6. The van der Waals surface area contributed by atoms with Crippen LogP contribution in [-0.2, 0) is 19.7 Å². The fourth-order valence-electron chi connectivity index (χ4n) is 3.81. The second kappa shape index (κ2) is 7.45. The molecule has 1 N–H and O–H groups in total. The Labute approximate surface area is 143 Å². The third-order valence-corrected chi connectivity index (χ3v) is 5.38. The van der Waals surface area contributed by atoms with Gasteiger partial charge in [-0.25, -0.2) is 0 Å². The number of hydrogen-bond donors (Lipinski definition) is 1. The van der Waals surface area contributed by atoms with Gasteiger partial charge < -0.3 is 15.0 Å². The predicted molar refractivity (Wildman–Crippen MR) is 91.8 cm³/mol. The van der Waals surface area contributed by atoms with E-state index in [0.717, 1.165) is 18.7 Å². The minimum atomic E-state index is -0.444. The van der Waals surface area contributed by atoms with Gasteiger partial charge in [-0.15, -0.1) is 0 Å². The van der Waals surface area contributed by atoms with Crippen molar-refractivity contribution in [1.82, 2.24) is 10.2 Å². The topological polar surface area (TPSA) is 58.6 Å². The van der Waals surface area contributed by atoms with E-state index in [1.807, 2.05) is 35.2 Å². The van der Waals surface area contributed by atoms with Crippen molar-refractivity contribution in [3.8, 4) is 0 Å². The van der Waals surface area contributed by atoms with Crippen LogP contribution in [0.3, 0.4) is 0 Å². The number of hydrogen-bond acceptors (Lipinski definition) is 4. The Morgan fingerprint density at radius 1 is 1.25 bits per heavy atom. The van der Waals surface area contributed by atoms with Gasteiger partial charge in [0.15, 0.2) is 0 Å². The lowest BCUT2D eigenvalue weighted by atomic mass is 9.70. The molecule has 5 heteroatoms. The number of rotatable bonds is 4. The third kappa shape index (κ3) is 3.52. The van der Waals surface area contributed by atoms with Crippen molar-refractivity contribution < 1.29 is 14.3 Å². The summed E-state index contributed by atoms with van der Waals surface area (Å²) < 4.78 is 5.62. The molecule has 3 rings (SSSR count). The number of ether oxygens (including phenoxy) is 1. The van der Waals surface area contributed by atoms with Gasteiger partial charge in [-0.05, 0) is 25.3 Å². The van der Waals surface area contributed by atoms with Crippen molar-refractivity contribution in [3.63, 3.8) is 0 Å². The number of morpholine rings is 1. The maximum atomic E-state index is 12.5. The molecular formula is C19H26N2O3. The van der Waals surface area contributed by atoms with Gasteiger partial charge >= 0.3 is 0 Å². The predicted octanol–water partition coefficient (Wildman–Crippen LogP) is 1.51. The Hall–Kier alpha value is -1.72. The summed E-state index contributed by atoms with van der Waals surface area (Å²) >= 11 is 0. The molecule has 0 radical (unpaired) electrons. The Bertz CT molecular complexity index is 574. The number of carbonyl (C=O) groups is 2. The van der Waals surface area contributed by atoms with Crippen LogP contribution in [0.4, 0.5) is 0 Å². The molecule has 2 aliphatic heterocycles. The molecule has 130 valence electrons. The standard InChI is InChI=1S/C19H26N2O3/c1-15(22)19(16-5-3-2-4-6-16)7-10-21(11-8-19)18(23)13-17-14-20-9-12-24-17/h2-6,17,20H,7-14H2,1H3. The Morgan fingerprint density at radius 3 is 2.54 bits per heavy atom. The van der Waals surface area contributed by atoms with Gasteiger partial charge in [0.1, 0.15) is 5.78 Å². The van der Waals surface area contributed by atoms with E-state index in [4.69, 9.17) is 4.74 Å². The van der Waals surface area contributed by atoms with Gasteiger partial charge in [0.05, 0.1) is 24.5 Å². The lowest BCUT2D eigenvalue weighted by Gasteiger charge is -2.41. The minimum Gasteiger partial charge on any atom is -0.375 e. The highest BCUT2D eigenvalue weighted by Gasteiger charge is 2.41. The molecule has 2 saturated heterocycles. The van der Waals surface area contributed by atoms with Crippen LogP contribution in [0, 0.1) is 0 Å². The number of benzene rings is 1. The van der Waals surface area contributed by atoms with E-state index in [2.05, 4.69) is 5.32 Å². The quantitative estimate of drug-likeness (QED) is 0.909. The molecule has 1 aromatic carbocycles. The SMILES string of the molecule is CC(=O)C1(c2ccccc2)CCN(C(=O)CC2CNCCO2)CC1. The number of ketones is 1. The molecule has 5 nitrogen and oxygen atoms in total. The van der Waals surface area contributed by atoms with E-state index >= 15 is 0 Å². The summed E-state index contributed by atoms with van der Waals surface area (Å²) in [5.41, 5.74) is 0.630. The van der Waals surface area contributed by atoms with Gasteiger partial charge in [0.2, 0.25) is 5.91 Å². The number of piperidine rings is 1. The summed E-state index contributed by atoms with van der Waals surface area (Å²) in [7, 11) is 0. The zero-order chi connectivity index (χ0) is 17.0. The summed E-state index contributed by atoms with van der Waals surface area (Å²) in [6, 6.07) is 9.98. The van der Waals surface area contributed by atoms with Gasteiger partial charge in [0.25, 0.3) is 0 Å². The molecule has 1 aromatic rings. The molecule has 1 unspecified atom stereocenters. The van der Waals surface area contributed by atoms with Crippen LogP contribution in [-0.4, -0.2) is 55.5 Å². The second-order valence-corrected chi connectivity index (χ2v) is 6.79. The number of nitrogens with zero attached hydrogens (tertiary/aromatic N) is 1. The molecule has 1 atom stereocenters. The average molecular weight is 330 g/mol. The highest BCUT2D eigenvalue weighted by atomic mass is 16.5. The first-order valence-corrected chi connectivity index (χ1v) is 8.78. The van der Waals surface area contributed by atoms with Crippen molar-refractivity contribution in [1.29, 1.82) is 0 Å². The Morgan fingerprint density at radius 2 is 1.96 bits per heavy atom. The molecule has 0 saturated carbocycles. The van der Waals surface area contributed by atoms with E-state index in [9.17, 15) is 9.59 Å². The van der Waals surface area contributed by atoms with E-state index in [0.29, 0.717) is 39.0 Å². The second-order valence-electron chi connectivity index (χ2n) is 6.79. The van der Waals surface area contributed by atoms with E-state index in [1.54, 1.807) is 6.92 Å². The van der Waals surface area contributed by atoms with E-state index in [-0.39, 0.29) is 17.8 Å². The summed E-state index contributed by atoms with van der Waals surface area (Å²) in [4.78, 5) is 26.8. The highest BCUT2D eigenvalue weighted by molar-refractivity contribution is 5.88. The summed E-state index contributed by atoms with van der Waals surface area (Å²) in [6.07, 6.45) is 1.79. The van der Waals surface area contributed by atoms with Crippen LogP contribution < -0.4 is 5.32 Å². The van der Waals surface area contributed by atoms with Crippen LogP contribution in [0.15, 0.2) is 30.3 Å². The molecule has 0 aromatic heterocycles. The van der Waals surface area contributed by atoms with Gasteiger partial charge in [-0.3, -0.25) is 9.59 Å². The zero-order valence-corrected chi connectivity index (χ0v) is 14.3. The van der Waals surface area contributed by atoms with E-state index < -0.39 is 5.41 Å². The van der Waals surface area contributed by atoms with Gasteiger partial charge in [0, 0.05) is 26.2 Å². The minimum absolute atomic E-state index is 0.0279. The molecule has 2 aliphatic rings. The van der Waals surface area contributed by atoms with Crippen LogP contribution in [0.1, 0.15) is 31.7 Å². The van der Waals surface area contributed by atoms with Crippen LogP contribution >= 0.6 is 0 Å². The maximum absolute atomic E-state index is 12.5. The zero-order valence-electron chi connectivity index (χ0n) is 14.3. The normalized spacial score (nSPS) is 23.7. The number of Topliss-reactive ketones (excluding diaryl/α,β-unsaturated/α-hetero) is 1. The van der Waals surface area contributed by atoms with Crippen molar-refractivity contribution in [2.75, 3.05) is 32.8 Å². The van der Waals surface area contributed by atoms with Crippen molar-refractivity contribution in [2.45, 2.75) is 37.7 Å². The Balaban J connectivity index is 1.63. The first-order valence-electron chi connectivity index (χ1n) is 8.78. The monoisotopic (exact) mass is 330 g/mol. The fourth-order valence-corrected chi connectivity index (χ4v) is 3.81. The molecule has 0 bridgehead atoms. The molecule has 1 amide bonds. The molecule has 24 heavy (non-hydrogen) atoms. The largest absolute Gasteiger partial charge is 0.375 e. The third-order valence-electron chi connectivity index (χ3n) is 5.38. The number of carbonyl (C=O) groups excluding carboxylic acids is 2. The number of nitrogens with one attached hydrogen (secondary N) is 1. The van der Waals surface area contributed by atoms with Crippen LogP contribution in [0.5, 0.6) is 0 Å². The number of likely N-dealkylation sites (tertiary alicyclic amines) is 1. The summed E-state index contributed by atoms with van der Waals surface area (Å²) in [5.74, 6) is 0.328. The van der Waals surface area contributed by atoms with Gasteiger partial charge in [-0.2, -0.15) is 0 Å². The first kappa shape index (κ1) is 17.1. The molecule has 2 fully saturated rings. The fraction of sp³-hybridized carbons (Fsp3) is 0.579. The summed E-state index contributed by atoms with van der Waals surface area (Å²) in [5, 5.41) is 3.25. The molecule has 2 heterocycles. The molecule has 0 spiro atoms. The molecule has 0 aliphatic carbocycles. The summed E-state index contributed by atoms with van der Waals surface area (Å²) in [6.45, 7) is 5.19. The van der Waals surface area contributed by atoms with Crippen molar-refractivity contribution in [3.05, 3.63) is 35.9 Å². The number of amides is 1. The van der Waals surface area contributed by atoms with Crippen molar-refractivity contribution >= 4 is 11.7 Å². The van der Waals surface area contributed by atoms with Crippen molar-refractivity contribution in [2.24, 2.45) is 0 Å². The maximum Gasteiger partial charge on any atom is 0.225 e.